The van der Waals surface area contributed by atoms with Crippen LogP contribution in [0.2, 0.25) is 0 Å². The van der Waals surface area contributed by atoms with Gasteiger partial charge in [0.1, 0.15) is 5.82 Å². The molecule has 0 spiro atoms. The molecule has 8 heteroatoms. The number of nitrogens with zero attached hydrogens (tertiary/aromatic N) is 2. The molecule has 1 aliphatic heterocycles. The average molecular weight is 317 g/mol. The van der Waals surface area contributed by atoms with Crippen LogP contribution >= 0.6 is 0 Å². The Hall–Kier alpha value is -2.61. The van der Waals surface area contributed by atoms with Gasteiger partial charge >= 0.3 is 5.69 Å². The average Bonchev–Trinajstić information content (AvgIpc) is 2.99. The van der Waals surface area contributed by atoms with Crippen molar-refractivity contribution in [3.63, 3.8) is 0 Å². The monoisotopic (exact) mass is 317 g/mol. The highest BCUT2D eigenvalue weighted by Gasteiger charge is 2.15. The normalized spacial score (nSPS) is 14.7. The molecule has 1 aromatic carbocycles. The van der Waals surface area contributed by atoms with Crippen LogP contribution in [0.15, 0.2) is 23.0 Å². The van der Waals surface area contributed by atoms with Gasteiger partial charge in [-0.3, -0.25) is 9.78 Å². The molecule has 1 aromatic heterocycles. The zero-order valence-electron chi connectivity index (χ0n) is 12.9. The molecule has 122 valence electrons. The smallest absolute Gasteiger partial charge is 0.340 e. The maximum Gasteiger partial charge on any atom is 0.340 e. The van der Waals surface area contributed by atoms with Crippen LogP contribution in [-0.2, 0) is 11.3 Å². The largest absolute Gasteiger partial charge is 0.378 e. The van der Waals surface area contributed by atoms with Crippen LogP contribution < -0.4 is 15.9 Å². The predicted octanol–water partition coefficient (Wildman–Crippen LogP) is 0.173. The van der Waals surface area contributed by atoms with Crippen molar-refractivity contribution in [2.24, 2.45) is 0 Å². The van der Waals surface area contributed by atoms with Crippen LogP contribution in [0, 0.1) is 6.92 Å². The number of aryl methyl sites for hydroxylation is 1. The van der Waals surface area contributed by atoms with Crippen molar-refractivity contribution >= 4 is 11.6 Å². The number of anilines is 1. The molecule has 3 N–H and O–H groups in total. The van der Waals surface area contributed by atoms with Crippen LogP contribution in [0.4, 0.5) is 5.69 Å². The van der Waals surface area contributed by atoms with E-state index in [9.17, 15) is 9.59 Å². The van der Waals surface area contributed by atoms with Crippen molar-refractivity contribution in [1.82, 2.24) is 20.5 Å². The van der Waals surface area contributed by atoms with Crippen LogP contribution in [0.5, 0.6) is 0 Å². The summed E-state index contributed by atoms with van der Waals surface area (Å²) in [6.07, 6.45) is 0. The van der Waals surface area contributed by atoms with Crippen molar-refractivity contribution in [3.05, 3.63) is 45.6 Å². The zero-order chi connectivity index (χ0) is 16.2. The highest BCUT2D eigenvalue weighted by Crippen LogP contribution is 2.22. The van der Waals surface area contributed by atoms with E-state index >= 15 is 0 Å². The predicted molar refractivity (Wildman–Crippen MR) is 84.6 cm³/mol. The SMILES string of the molecule is Cc1cc(C(=O)NCc2n[nH]c(=O)[nH]2)ccc1N1CCOCC1. The summed E-state index contributed by atoms with van der Waals surface area (Å²) >= 11 is 0. The van der Waals surface area contributed by atoms with Crippen molar-refractivity contribution in [2.45, 2.75) is 13.5 Å². The number of morpholine rings is 1. The summed E-state index contributed by atoms with van der Waals surface area (Å²) in [5.74, 6) is 0.190. The fourth-order valence-corrected chi connectivity index (χ4v) is 2.61. The fraction of sp³-hybridized carbons (Fsp3) is 0.400. The fourth-order valence-electron chi connectivity index (χ4n) is 2.61. The minimum Gasteiger partial charge on any atom is -0.378 e. The quantitative estimate of drug-likeness (QED) is 0.746. The lowest BCUT2D eigenvalue weighted by Gasteiger charge is -2.30. The van der Waals surface area contributed by atoms with Crippen LogP contribution in [-0.4, -0.2) is 47.4 Å². The standard InChI is InChI=1S/C15H19N5O3/c1-10-8-11(2-3-12(10)20-4-6-23-7-5-20)14(21)16-9-13-17-15(22)19-18-13/h2-3,8H,4-7,9H2,1H3,(H,16,21)(H2,17,18,19,22). The van der Waals surface area contributed by atoms with Crippen LogP contribution in [0.1, 0.15) is 21.7 Å². The number of H-pyrrole nitrogens is 2. The number of hydrogen-bond acceptors (Lipinski definition) is 5. The first-order valence-corrected chi connectivity index (χ1v) is 7.48. The second-order valence-electron chi connectivity index (χ2n) is 5.41. The van der Waals surface area contributed by atoms with Gasteiger partial charge in [-0.15, -0.1) is 0 Å². The molecule has 0 saturated carbocycles. The molecule has 1 fully saturated rings. The number of amides is 1. The Bertz CT molecular complexity index is 746. The van der Waals surface area contributed by atoms with Gasteiger partial charge in [0.25, 0.3) is 5.91 Å². The Morgan fingerprint density at radius 1 is 1.39 bits per heavy atom. The molecule has 8 nitrogen and oxygen atoms in total. The second kappa shape index (κ2) is 6.66. The molecular formula is C15H19N5O3. The lowest BCUT2D eigenvalue weighted by molar-refractivity contribution is 0.0949. The maximum absolute atomic E-state index is 12.2. The van der Waals surface area contributed by atoms with E-state index in [1.54, 1.807) is 6.07 Å². The topological polar surface area (TPSA) is 103 Å². The Balaban J connectivity index is 1.66. The lowest BCUT2D eigenvalue weighted by Crippen LogP contribution is -2.36. The number of carbonyl (C=O) groups excluding carboxylic acids is 1. The number of carbonyl (C=O) groups is 1. The van der Waals surface area contributed by atoms with E-state index in [-0.39, 0.29) is 18.1 Å². The summed E-state index contributed by atoms with van der Waals surface area (Å²) in [4.78, 5) is 27.9. The van der Waals surface area contributed by atoms with Crippen LogP contribution in [0.25, 0.3) is 0 Å². The summed E-state index contributed by atoms with van der Waals surface area (Å²) < 4.78 is 5.36. The molecule has 0 radical (unpaired) electrons. The summed E-state index contributed by atoms with van der Waals surface area (Å²) in [5.41, 5.74) is 2.37. The van der Waals surface area contributed by atoms with E-state index in [4.69, 9.17) is 4.74 Å². The number of aromatic amines is 2. The molecule has 1 saturated heterocycles. The molecule has 0 atom stereocenters. The van der Waals surface area contributed by atoms with E-state index in [0.717, 1.165) is 37.6 Å². The minimum atomic E-state index is -0.389. The van der Waals surface area contributed by atoms with Gasteiger partial charge in [0.05, 0.1) is 19.8 Å². The summed E-state index contributed by atoms with van der Waals surface area (Å²) in [7, 11) is 0. The van der Waals surface area contributed by atoms with E-state index in [1.807, 2.05) is 19.1 Å². The van der Waals surface area contributed by atoms with Crippen molar-refractivity contribution in [2.75, 3.05) is 31.2 Å². The molecule has 23 heavy (non-hydrogen) atoms. The van der Waals surface area contributed by atoms with E-state index in [2.05, 4.69) is 25.4 Å². The van der Waals surface area contributed by atoms with Gasteiger partial charge in [0.15, 0.2) is 0 Å². The maximum atomic E-state index is 12.2. The first kappa shape index (κ1) is 15.3. The van der Waals surface area contributed by atoms with Crippen molar-refractivity contribution in [1.29, 1.82) is 0 Å². The number of aromatic nitrogens is 3. The van der Waals surface area contributed by atoms with E-state index in [1.165, 1.54) is 0 Å². The molecule has 3 rings (SSSR count). The van der Waals surface area contributed by atoms with E-state index < -0.39 is 0 Å². The first-order valence-electron chi connectivity index (χ1n) is 7.48. The lowest BCUT2D eigenvalue weighted by atomic mass is 10.1. The summed E-state index contributed by atoms with van der Waals surface area (Å²) in [5, 5.41) is 8.73. The van der Waals surface area contributed by atoms with Gasteiger partial charge in [0.2, 0.25) is 0 Å². The summed E-state index contributed by atoms with van der Waals surface area (Å²) in [6, 6.07) is 5.64. The van der Waals surface area contributed by atoms with Crippen LogP contribution in [0.3, 0.4) is 0 Å². The third-order valence-electron chi connectivity index (χ3n) is 3.78. The molecule has 1 aliphatic rings. The van der Waals surface area contributed by atoms with E-state index in [0.29, 0.717) is 11.4 Å². The Kier molecular flexibility index (Phi) is 4.42. The summed E-state index contributed by atoms with van der Waals surface area (Å²) in [6.45, 7) is 5.33. The number of nitrogens with one attached hydrogen (secondary N) is 3. The third kappa shape index (κ3) is 3.59. The Morgan fingerprint density at radius 2 is 2.17 bits per heavy atom. The third-order valence-corrected chi connectivity index (χ3v) is 3.78. The number of benzene rings is 1. The number of rotatable bonds is 4. The van der Waals surface area contributed by atoms with Gasteiger partial charge in [-0.2, -0.15) is 5.10 Å². The molecule has 0 aliphatic carbocycles. The Labute approximate surface area is 132 Å². The van der Waals surface area contributed by atoms with Gasteiger partial charge in [0, 0.05) is 24.3 Å². The zero-order valence-corrected chi connectivity index (χ0v) is 12.9. The molecule has 0 bridgehead atoms. The number of hydrogen-bond donors (Lipinski definition) is 3. The van der Waals surface area contributed by atoms with Gasteiger partial charge in [-0.05, 0) is 30.7 Å². The second-order valence-corrected chi connectivity index (χ2v) is 5.41. The molecular weight excluding hydrogens is 298 g/mol. The molecule has 1 amide bonds. The first-order chi connectivity index (χ1) is 11.1. The highest BCUT2D eigenvalue weighted by atomic mass is 16.5. The minimum absolute atomic E-state index is 0.168. The number of ether oxygens (including phenoxy) is 1. The van der Waals surface area contributed by atoms with Gasteiger partial charge in [-0.1, -0.05) is 0 Å². The van der Waals surface area contributed by atoms with Gasteiger partial charge < -0.3 is 15.0 Å². The highest BCUT2D eigenvalue weighted by molar-refractivity contribution is 5.94. The molecule has 0 unspecified atom stereocenters. The van der Waals surface area contributed by atoms with Crippen molar-refractivity contribution < 1.29 is 9.53 Å². The Morgan fingerprint density at radius 3 is 2.83 bits per heavy atom. The van der Waals surface area contributed by atoms with Gasteiger partial charge in [-0.25, -0.2) is 9.89 Å². The molecule has 2 aromatic rings. The molecule has 2 heterocycles. The van der Waals surface area contributed by atoms with Crippen molar-refractivity contribution in [3.8, 4) is 0 Å².